The highest BCUT2D eigenvalue weighted by atomic mass is 35.5. The van der Waals surface area contributed by atoms with Crippen molar-refractivity contribution in [2.75, 3.05) is 33.7 Å². The summed E-state index contributed by atoms with van der Waals surface area (Å²) < 4.78 is 0. The van der Waals surface area contributed by atoms with Gasteiger partial charge in [-0.15, -0.1) is 0 Å². The maximum absolute atomic E-state index is 12.1. The molecule has 2 aromatic rings. The fourth-order valence-electron chi connectivity index (χ4n) is 3.71. The van der Waals surface area contributed by atoms with E-state index in [-0.39, 0.29) is 5.91 Å². The minimum Gasteiger partial charge on any atom is -0.348 e. The number of hydrogen-bond donors (Lipinski definition) is 0. The van der Waals surface area contributed by atoms with Crippen molar-refractivity contribution in [3.05, 3.63) is 63.9 Å². The zero-order valence-electron chi connectivity index (χ0n) is 16.4. The van der Waals surface area contributed by atoms with Crippen molar-refractivity contribution in [1.29, 1.82) is 0 Å². The van der Waals surface area contributed by atoms with E-state index in [9.17, 15) is 4.79 Å². The van der Waals surface area contributed by atoms with E-state index in [4.69, 9.17) is 16.6 Å². The molecule has 4 nitrogen and oxygen atoms in total. The Bertz CT molecular complexity index is 806. The topological polar surface area (TPSA) is 36.4 Å². The highest BCUT2D eigenvalue weighted by molar-refractivity contribution is 6.31. The van der Waals surface area contributed by atoms with E-state index in [1.54, 1.807) is 4.90 Å². The van der Waals surface area contributed by atoms with Crippen LogP contribution in [0, 0.1) is 6.92 Å². The van der Waals surface area contributed by atoms with Gasteiger partial charge < -0.3 is 4.90 Å². The maximum atomic E-state index is 12.1. The molecule has 0 N–H and O–H groups in total. The number of amides is 1. The molecular weight excluding hydrogens is 358 g/mol. The number of aryl methyl sites for hydroxylation is 1. The molecule has 0 aliphatic carbocycles. The summed E-state index contributed by atoms with van der Waals surface area (Å²) in [7, 11) is 3.62. The van der Waals surface area contributed by atoms with E-state index in [2.05, 4.69) is 30.0 Å². The number of piperidine rings is 1. The van der Waals surface area contributed by atoms with Gasteiger partial charge in [-0.05, 0) is 62.1 Å². The summed E-state index contributed by atoms with van der Waals surface area (Å²) in [5.74, 6) is 0.533. The highest BCUT2D eigenvalue weighted by Crippen LogP contribution is 2.28. The number of likely N-dealkylation sites (tertiary alicyclic amines) is 1. The van der Waals surface area contributed by atoms with Gasteiger partial charge >= 0.3 is 0 Å². The third-order valence-electron chi connectivity index (χ3n) is 5.17. The largest absolute Gasteiger partial charge is 0.348 e. The van der Waals surface area contributed by atoms with Crippen molar-refractivity contribution in [3.8, 4) is 0 Å². The zero-order chi connectivity index (χ0) is 19.4. The van der Waals surface area contributed by atoms with Crippen LogP contribution in [0.4, 0.5) is 0 Å². The second kappa shape index (κ2) is 8.85. The molecular formula is C22H28ClN3O. The lowest BCUT2D eigenvalue weighted by Gasteiger charge is -2.32. The van der Waals surface area contributed by atoms with Gasteiger partial charge in [0.15, 0.2) is 0 Å². The van der Waals surface area contributed by atoms with Crippen molar-refractivity contribution in [2.45, 2.75) is 32.1 Å². The molecule has 1 aromatic heterocycles. The molecule has 0 bridgehead atoms. The second-order valence-electron chi connectivity index (χ2n) is 7.67. The van der Waals surface area contributed by atoms with Crippen LogP contribution < -0.4 is 0 Å². The van der Waals surface area contributed by atoms with Gasteiger partial charge in [0.2, 0.25) is 5.91 Å². The minimum absolute atomic E-state index is 0.159. The Morgan fingerprint density at radius 3 is 2.81 bits per heavy atom. The number of pyridine rings is 1. The van der Waals surface area contributed by atoms with Crippen molar-refractivity contribution >= 4 is 17.5 Å². The number of halogens is 1. The molecule has 1 fully saturated rings. The number of nitrogens with zero attached hydrogens (tertiary/aromatic N) is 3. The third-order valence-corrected chi connectivity index (χ3v) is 5.54. The SMILES string of the molecule is Cc1cc(Cc2ccccc2Cl)cc(C2CCCN(CC(=O)N(C)C)C2)n1. The summed E-state index contributed by atoms with van der Waals surface area (Å²) in [6, 6.07) is 12.4. The first-order chi connectivity index (χ1) is 12.9. The van der Waals surface area contributed by atoms with E-state index in [1.165, 1.54) is 5.56 Å². The van der Waals surface area contributed by atoms with Crippen LogP contribution in [0.25, 0.3) is 0 Å². The fourth-order valence-corrected chi connectivity index (χ4v) is 3.92. The summed E-state index contributed by atoms with van der Waals surface area (Å²) in [5, 5.41) is 0.805. The lowest BCUT2D eigenvalue weighted by molar-refractivity contribution is -0.130. The van der Waals surface area contributed by atoms with Gasteiger partial charge in [0.1, 0.15) is 0 Å². The Morgan fingerprint density at radius 1 is 1.30 bits per heavy atom. The molecule has 1 aliphatic heterocycles. The van der Waals surface area contributed by atoms with Gasteiger partial charge in [-0.25, -0.2) is 0 Å². The fraction of sp³-hybridized carbons (Fsp3) is 0.455. The number of likely N-dealkylation sites (N-methyl/N-ethyl adjacent to an activating group) is 1. The van der Waals surface area contributed by atoms with Crippen LogP contribution in [0.2, 0.25) is 5.02 Å². The Labute approximate surface area is 167 Å². The molecule has 2 heterocycles. The van der Waals surface area contributed by atoms with E-state index < -0.39 is 0 Å². The monoisotopic (exact) mass is 385 g/mol. The molecule has 1 unspecified atom stereocenters. The van der Waals surface area contributed by atoms with Gasteiger partial charge in [-0.2, -0.15) is 0 Å². The summed E-state index contributed by atoms with van der Waals surface area (Å²) in [4.78, 5) is 20.8. The number of hydrogen-bond acceptors (Lipinski definition) is 3. The van der Waals surface area contributed by atoms with Crippen molar-refractivity contribution in [2.24, 2.45) is 0 Å². The first-order valence-corrected chi connectivity index (χ1v) is 9.93. The molecule has 1 saturated heterocycles. The summed E-state index contributed by atoms with van der Waals surface area (Å²) >= 11 is 6.34. The van der Waals surface area contributed by atoms with E-state index in [0.29, 0.717) is 12.5 Å². The molecule has 0 radical (unpaired) electrons. The van der Waals surface area contributed by atoms with Gasteiger partial charge in [-0.3, -0.25) is 14.7 Å². The number of rotatable bonds is 5. The predicted molar refractivity (Wildman–Crippen MR) is 110 cm³/mol. The third kappa shape index (κ3) is 5.30. The molecule has 1 aromatic carbocycles. The Kier molecular flexibility index (Phi) is 6.51. The first-order valence-electron chi connectivity index (χ1n) is 9.55. The first kappa shape index (κ1) is 19.8. The standard InChI is InChI=1S/C22H28ClN3O/c1-16-11-17(12-18-7-4-5-9-20(18)23)13-21(24-16)19-8-6-10-26(14-19)15-22(27)25(2)3/h4-5,7,9,11,13,19H,6,8,10,12,14-15H2,1-3H3. The Morgan fingerprint density at radius 2 is 2.07 bits per heavy atom. The number of carbonyl (C=O) groups is 1. The van der Waals surface area contributed by atoms with Crippen LogP contribution in [0.3, 0.4) is 0 Å². The van der Waals surface area contributed by atoms with Gasteiger partial charge in [0.05, 0.1) is 6.54 Å². The molecule has 1 atom stereocenters. The number of carbonyl (C=O) groups excluding carboxylic acids is 1. The van der Waals surface area contributed by atoms with Crippen molar-refractivity contribution < 1.29 is 4.79 Å². The molecule has 144 valence electrons. The summed E-state index contributed by atoms with van der Waals surface area (Å²) in [6.07, 6.45) is 3.03. The summed E-state index contributed by atoms with van der Waals surface area (Å²) in [5.41, 5.74) is 4.56. The minimum atomic E-state index is 0.159. The molecule has 27 heavy (non-hydrogen) atoms. The zero-order valence-corrected chi connectivity index (χ0v) is 17.2. The average molecular weight is 386 g/mol. The van der Waals surface area contributed by atoms with Gasteiger partial charge in [0.25, 0.3) is 0 Å². The van der Waals surface area contributed by atoms with E-state index in [1.807, 2.05) is 32.3 Å². The molecule has 0 saturated carbocycles. The number of aromatic nitrogens is 1. The Hall–Kier alpha value is -1.91. The number of benzene rings is 1. The normalized spacial score (nSPS) is 17.7. The maximum Gasteiger partial charge on any atom is 0.236 e. The van der Waals surface area contributed by atoms with Crippen molar-refractivity contribution in [1.82, 2.24) is 14.8 Å². The van der Waals surface area contributed by atoms with Gasteiger partial charge in [0, 0.05) is 43.0 Å². The van der Waals surface area contributed by atoms with Crippen LogP contribution in [0.1, 0.15) is 41.3 Å². The highest BCUT2D eigenvalue weighted by Gasteiger charge is 2.24. The second-order valence-corrected chi connectivity index (χ2v) is 8.08. The van der Waals surface area contributed by atoms with Crippen LogP contribution in [0.15, 0.2) is 36.4 Å². The predicted octanol–water partition coefficient (Wildman–Crippen LogP) is 3.90. The van der Waals surface area contributed by atoms with Crippen LogP contribution in [-0.2, 0) is 11.2 Å². The quantitative estimate of drug-likeness (QED) is 0.783. The van der Waals surface area contributed by atoms with E-state index in [0.717, 1.165) is 54.3 Å². The summed E-state index contributed by atoms with van der Waals surface area (Å²) in [6.45, 7) is 4.41. The van der Waals surface area contributed by atoms with Crippen LogP contribution in [0.5, 0.6) is 0 Å². The average Bonchev–Trinajstić information content (AvgIpc) is 2.63. The smallest absolute Gasteiger partial charge is 0.236 e. The molecule has 1 aliphatic rings. The molecule has 0 spiro atoms. The lowest BCUT2D eigenvalue weighted by Crippen LogP contribution is -2.41. The Balaban J connectivity index is 1.75. The van der Waals surface area contributed by atoms with Gasteiger partial charge in [-0.1, -0.05) is 29.8 Å². The molecule has 5 heteroatoms. The van der Waals surface area contributed by atoms with E-state index >= 15 is 0 Å². The lowest BCUT2D eigenvalue weighted by atomic mass is 9.92. The molecule has 1 amide bonds. The van der Waals surface area contributed by atoms with Crippen LogP contribution >= 0.6 is 11.6 Å². The molecule has 3 rings (SSSR count). The van der Waals surface area contributed by atoms with Crippen LogP contribution in [-0.4, -0.2) is 54.4 Å². The van der Waals surface area contributed by atoms with Crippen molar-refractivity contribution in [3.63, 3.8) is 0 Å².